The predicted molar refractivity (Wildman–Crippen MR) is 108 cm³/mol. The number of amides is 1. The van der Waals surface area contributed by atoms with Crippen molar-refractivity contribution in [2.24, 2.45) is 0 Å². The van der Waals surface area contributed by atoms with Crippen LogP contribution in [-0.2, 0) is 20.7 Å². The summed E-state index contributed by atoms with van der Waals surface area (Å²) in [5.41, 5.74) is 3.22. The maximum absolute atomic E-state index is 12.0. The second kappa shape index (κ2) is 9.27. The number of carbonyl (C=O) groups is 2. The lowest BCUT2D eigenvalue weighted by atomic mass is 10.0. The zero-order valence-corrected chi connectivity index (χ0v) is 15.4. The molecule has 0 aliphatic carbocycles. The van der Waals surface area contributed by atoms with Gasteiger partial charge in [0.2, 0.25) is 0 Å². The second-order valence-electron chi connectivity index (χ2n) is 6.25. The minimum absolute atomic E-state index is 0.0554. The topological polar surface area (TPSA) is 98.5 Å². The van der Waals surface area contributed by atoms with Gasteiger partial charge >= 0.3 is 5.97 Å². The smallest absolute Gasteiger partial charge is 0.310 e. The van der Waals surface area contributed by atoms with Gasteiger partial charge in [-0.2, -0.15) is 0 Å². The van der Waals surface area contributed by atoms with Gasteiger partial charge in [0.15, 0.2) is 6.61 Å². The molecule has 3 rings (SSSR count). The van der Waals surface area contributed by atoms with Crippen LogP contribution in [0.3, 0.4) is 0 Å². The molecule has 0 aliphatic heterocycles. The van der Waals surface area contributed by atoms with Gasteiger partial charge in [-0.15, -0.1) is 0 Å². The lowest BCUT2D eigenvalue weighted by molar-refractivity contribution is -0.384. The molecular weight excluding hydrogens is 372 g/mol. The summed E-state index contributed by atoms with van der Waals surface area (Å²) >= 11 is 0. The van der Waals surface area contributed by atoms with E-state index in [4.69, 9.17) is 4.74 Å². The highest BCUT2D eigenvalue weighted by Crippen LogP contribution is 2.19. The first kappa shape index (κ1) is 19.8. The van der Waals surface area contributed by atoms with Crippen molar-refractivity contribution in [3.05, 3.63) is 94.5 Å². The van der Waals surface area contributed by atoms with Crippen LogP contribution in [0.5, 0.6) is 0 Å². The third-order valence-electron chi connectivity index (χ3n) is 4.14. The standard InChI is InChI=1S/C22H18N2O5/c25-21(23-19-10-12-20(13-11-19)24(27)28)15-29-22(26)14-16-6-8-18(9-7-16)17-4-2-1-3-5-17/h1-13H,14-15H2,(H,23,25). The zero-order chi connectivity index (χ0) is 20.6. The Labute approximate surface area is 167 Å². The molecule has 29 heavy (non-hydrogen) atoms. The number of ether oxygens (including phenoxy) is 1. The van der Waals surface area contributed by atoms with Gasteiger partial charge in [-0.25, -0.2) is 0 Å². The summed E-state index contributed by atoms with van der Waals surface area (Å²) in [5.74, 6) is -1.04. The first-order valence-electron chi connectivity index (χ1n) is 8.85. The average Bonchev–Trinajstić information content (AvgIpc) is 2.74. The number of rotatable bonds is 7. The van der Waals surface area contributed by atoms with E-state index in [0.717, 1.165) is 16.7 Å². The minimum Gasteiger partial charge on any atom is -0.455 e. The molecule has 0 aliphatic rings. The number of nitrogens with one attached hydrogen (secondary N) is 1. The molecule has 3 aromatic rings. The Bertz CT molecular complexity index is 1000. The van der Waals surface area contributed by atoms with Crippen molar-refractivity contribution >= 4 is 23.3 Å². The van der Waals surface area contributed by atoms with E-state index in [2.05, 4.69) is 5.32 Å². The van der Waals surface area contributed by atoms with Crippen LogP contribution in [0.25, 0.3) is 11.1 Å². The monoisotopic (exact) mass is 390 g/mol. The molecular formula is C22H18N2O5. The number of nitro benzene ring substituents is 1. The molecule has 7 heteroatoms. The number of nitrogens with zero attached hydrogens (tertiary/aromatic N) is 1. The van der Waals surface area contributed by atoms with Crippen LogP contribution in [0.4, 0.5) is 11.4 Å². The van der Waals surface area contributed by atoms with Gasteiger partial charge in [-0.1, -0.05) is 54.6 Å². The number of hydrogen-bond acceptors (Lipinski definition) is 5. The van der Waals surface area contributed by atoms with Crippen LogP contribution < -0.4 is 5.32 Å². The Morgan fingerprint density at radius 2 is 1.48 bits per heavy atom. The Kier molecular flexibility index (Phi) is 6.32. The molecule has 0 unspecified atom stereocenters. The number of carbonyl (C=O) groups excluding carboxylic acids is 2. The van der Waals surface area contributed by atoms with Gasteiger partial charge < -0.3 is 10.1 Å². The molecule has 0 aromatic heterocycles. The first-order chi connectivity index (χ1) is 14.0. The van der Waals surface area contributed by atoms with E-state index in [-0.39, 0.29) is 12.1 Å². The molecule has 1 N–H and O–H groups in total. The molecule has 0 saturated carbocycles. The number of esters is 1. The molecule has 0 bridgehead atoms. The fourth-order valence-corrected chi connectivity index (χ4v) is 2.67. The maximum Gasteiger partial charge on any atom is 0.310 e. The number of nitro groups is 1. The van der Waals surface area contributed by atoms with E-state index in [1.54, 1.807) is 0 Å². The molecule has 7 nitrogen and oxygen atoms in total. The second-order valence-corrected chi connectivity index (χ2v) is 6.25. The van der Waals surface area contributed by atoms with E-state index < -0.39 is 23.4 Å². The molecule has 0 atom stereocenters. The summed E-state index contributed by atoms with van der Waals surface area (Å²) in [6, 6.07) is 22.8. The fraction of sp³-hybridized carbons (Fsp3) is 0.0909. The Hall–Kier alpha value is -4.00. The van der Waals surface area contributed by atoms with Gasteiger partial charge in [0, 0.05) is 17.8 Å². The number of non-ortho nitro benzene ring substituents is 1. The van der Waals surface area contributed by atoms with Crippen LogP contribution in [0.15, 0.2) is 78.9 Å². The van der Waals surface area contributed by atoms with Crippen molar-refractivity contribution in [3.8, 4) is 11.1 Å². The molecule has 0 radical (unpaired) electrons. The minimum atomic E-state index is -0.528. The fourth-order valence-electron chi connectivity index (χ4n) is 2.67. The largest absolute Gasteiger partial charge is 0.455 e. The summed E-state index contributed by atoms with van der Waals surface area (Å²) in [6.07, 6.45) is 0.0554. The van der Waals surface area contributed by atoms with Crippen LogP contribution in [-0.4, -0.2) is 23.4 Å². The van der Waals surface area contributed by atoms with Crippen LogP contribution in [0.2, 0.25) is 0 Å². The van der Waals surface area contributed by atoms with E-state index in [1.807, 2.05) is 54.6 Å². The quantitative estimate of drug-likeness (QED) is 0.374. The summed E-state index contributed by atoms with van der Waals surface area (Å²) in [6.45, 7) is -0.433. The predicted octanol–water partition coefficient (Wildman–Crippen LogP) is 3.99. The summed E-state index contributed by atoms with van der Waals surface area (Å²) in [7, 11) is 0. The Balaban J connectivity index is 1.46. The van der Waals surface area contributed by atoms with Crippen molar-refractivity contribution in [3.63, 3.8) is 0 Å². The van der Waals surface area contributed by atoms with E-state index in [0.29, 0.717) is 5.69 Å². The lowest BCUT2D eigenvalue weighted by Gasteiger charge is -2.07. The van der Waals surface area contributed by atoms with Crippen molar-refractivity contribution in [1.29, 1.82) is 0 Å². The van der Waals surface area contributed by atoms with Gasteiger partial charge in [0.25, 0.3) is 11.6 Å². The lowest BCUT2D eigenvalue weighted by Crippen LogP contribution is -2.21. The van der Waals surface area contributed by atoms with Crippen molar-refractivity contribution in [2.45, 2.75) is 6.42 Å². The van der Waals surface area contributed by atoms with Crippen molar-refractivity contribution < 1.29 is 19.2 Å². The highest BCUT2D eigenvalue weighted by Gasteiger charge is 2.10. The molecule has 0 fully saturated rings. The highest BCUT2D eigenvalue weighted by molar-refractivity contribution is 5.93. The average molecular weight is 390 g/mol. The van der Waals surface area contributed by atoms with Crippen molar-refractivity contribution in [1.82, 2.24) is 0 Å². The third kappa shape index (κ3) is 5.74. The normalized spacial score (nSPS) is 10.2. The maximum atomic E-state index is 12.0. The van der Waals surface area contributed by atoms with Crippen molar-refractivity contribution in [2.75, 3.05) is 11.9 Å². The third-order valence-corrected chi connectivity index (χ3v) is 4.14. The van der Waals surface area contributed by atoms with E-state index >= 15 is 0 Å². The SMILES string of the molecule is O=C(COC(=O)Cc1ccc(-c2ccccc2)cc1)Nc1ccc([N+](=O)[O-])cc1. The molecule has 0 saturated heterocycles. The first-order valence-corrected chi connectivity index (χ1v) is 8.85. The molecule has 0 spiro atoms. The molecule has 1 amide bonds. The van der Waals surface area contributed by atoms with Crippen LogP contribution >= 0.6 is 0 Å². The zero-order valence-electron chi connectivity index (χ0n) is 15.4. The molecule has 0 heterocycles. The van der Waals surface area contributed by atoms with E-state index in [1.165, 1.54) is 24.3 Å². The van der Waals surface area contributed by atoms with E-state index in [9.17, 15) is 19.7 Å². The highest BCUT2D eigenvalue weighted by atomic mass is 16.6. The van der Waals surface area contributed by atoms with Gasteiger partial charge in [-0.05, 0) is 28.8 Å². The summed E-state index contributed by atoms with van der Waals surface area (Å²) < 4.78 is 5.00. The van der Waals surface area contributed by atoms with Gasteiger partial charge in [0.05, 0.1) is 11.3 Å². The molecule has 146 valence electrons. The van der Waals surface area contributed by atoms with Crippen LogP contribution in [0, 0.1) is 10.1 Å². The summed E-state index contributed by atoms with van der Waals surface area (Å²) in [5, 5.41) is 13.1. The Morgan fingerprint density at radius 1 is 0.862 bits per heavy atom. The number of benzene rings is 3. The number of anilines is 1. The number of hydrogen-bond donors (Lipinski definition) is 1. The Morgan fingerprint density at radius 3 is 2.10 bits per heavy atom. The van der Waals surface area contributed by atoms with Gasteiger partial charge in [-0.3, -0.25) is 19.7 Å². The van der Waals surface area contributed by atoms with Gasteiger partial charge in [0.1, 0.15) is 0 Å². The molecule has 3 aromatic carbocycles. The van der Waals surface area contributed by atoms with Crippen LogP contribution in [0.1, 0.15) is 5.56 Å². The summed E-state index contributed by atoms with van der Waals surface area (Å²) in [4.78, 5) is 33.9.